The minimum atomic E-state index is -0.271. The van der Waals surface area contributed by atoms with Gasteiger partial charge in [0.1, 0.15) is 0 Å². The van der Waals surface area contributed by atoms with Crippen LogP contribution in [0.25, 0.3) is 0 Å². The smallest absolute Gasteiger partial charge is 0.409 e. The molecule has 1 aromatic rings. The summed E-state index contributed by atoms with van der Waals surface area (Å²) in [5.74, 6) is -0.0189. The van der Waals surface area contributed by atoms with Crippen LogP contribution >= 0.6 is 0 Å². The molecule has 2 amide bonds. The number of amides is 2. The third kappa shape index (κ3) is 4.71. The Balaban J connectivity index is 1.85. The van der Waals surface area contributed by atoms with E-state index in [0.29, 0.717) is 39.3 Å². The average molecular weight is 333 g/mol. The predicted octanol–water partition coefficient (Wildman–Crippen LogP) is 2.32. The molecule has 1 saturated heterocycles. The summed E-state index contributed by atoms with van der Waals surface area (Å²) in [6, 6.07) is 4.14. The Hall–Kier alpha value is -2.08. The summed E-state index contributed by atoms with van der Waals surface area (Å²) in [6.07, 6.45) is -0.271. The van der Waals surface area contributed by atoms with Crippen molar-refractivity contribution >= 4 is 17.7 Å². The Bertz CT molecular complexity index is 585. The molecule has 1 N–H and O–H groups in total. The highest BCUT2D eigenvalue weighted by atomic mass is 16.6. The summed E-state index contributed by atoms with van der Waals surface area (Å²) in [4.78, 5) is 27.8. The third-order valence-corrected chi connectivity index (χ3v) is 4.21. The van der Waals surface area contributed by atoms with Crippen LogP contribution in [0.3, 0.4) is 0 Å². The lowest BCUT2D eigenvalue weighted by Crippen LogP contribution is -2.50. The number of benzene rings is 1. The molecule has 24 heavy (non-hydrogen) atoms. The van der Waals surface area contributed by atoms with E-state index in [0.717, 1.165) is 16.8 Å². The van der Waals surface area contributed by atoms with Crippen molar-refractivity contribution in [3.8, 4) is 0 Å². The molecule has 0 unspecified atom stereocenters. The first-order valence-corrected chi connectivity index (χ1v) is 8.42. The molecule has 132 valence electrons. The summed E-state index contributed by atoms with van der Waals surface area (Å²) < 4.78 is 5.00. The van der Waals surface area contributed by atoms with Crippen LogP contribution < -0.4 is 5.32 Å². The Morgan fingerprint density at radius 3 is 2.21 bits per heavy atom. The van der Waals surface area contributed by atoms with Gasteiger partial charge in [0, 0.05) is 31.9 Å². The van der Waals surface area contributed by atoms with E-state index in [1.165, 1.54) is 5.56 Å². The summed E-state index contributed by atoms with van der Waals surface area (Å²) in [5, 5.41) is 3.02. The second kappa shape index (κ2) is 8.15. The fourth-order valence-electron chi connectivity index (χ4n) is 3.06. The molecule has 0 aromatic heterocycles. The van der Waals surface area contributed by atoms with Crippen LogP contribution in [0.1, 0.15) is 23.6 Å². The molecule has 0 saturated carbocycles. The minimum absolute atomic E-state index is 0.0189. The molecular weight excluding hydrogens is 306 g/mol. The monoisotopic (exact) mass is 333 g/mol. The first-order valence-electron chi connectivity index (χ1n) is 8.42. The lowest BCUT2D eigenvalue weighted by Gasteiger charge is -2.33. The molecule has 6 nitrogen and oxygen atoms in total. The summed E-state index contributed by atoms with van der Waals surface area (Å²) in [6.45, 7) is 11.1. The summed E-state index contributed by atoms with van der Waals surface area (Å²) >= 11 is 0. The molecule has 1 aliphatic heterocycles. The number of carbonyl (C=O) groups is 2. The molecule has 0 bridgehead atoms. The fourth-order valence-corrected chi connectivity index (χ4v) is 3.06. The highest BCUT2D eigenvalue weighted by Gasteiger charge is 2.23. The number of piperazine rings is 1. The maximum Gasteiger partial charge on any atom is 0.409 e. The van der Waals surface area contributed by atoms with Gasteiger partial charge in [-0.2, -0.15) is 0 Å². The average Bonchev–Trinajstić information content (AvgIpc) is 2.52. The van der Waals surface area contributed by atoms with Crippen molar-refractivity contribution in [2.24, 2.45) is 0 Å². The zero-order valence-corrected chi connectivity index (χ0v) is 15.0. The number of rotatable bonds is 4. The maximum absolute atomic E-state index is 12.3. The van der Waals surface area contributed by atoms with Gasteiger partial charge in [0.05, 0.1) is 13.2 Å². The van der Waals surface area contributed by atoms with Crippen LogP contribution in [-0.4, -0.2) is 61.1 Å². The molecule has 0 atom stereocenters. The van der Waals surface area contributed by atoms with Gasteiger partial charge in [0.2, 0.25) is 5.91 Å². The number of ether oxygens (including phenoxy) is 1. The third-order valence-electron chi connectivity index (χ3n) is 4.21. The van der Waals surface area contributed by atoms with Gasteiger partial charge in [0.15, 0.2) is 0 Å². The van der Waals surface area contributed by atoms with Crippen molar-refractivity contribution in [2.75, 3.05) is 44.6 Å². The first kappa shape index (κ1) is 18.3. The van der Waals surface area contributed by atoms with Gasteiger partial charge in [-0.3, -0.25) is 9.69 Å². The predicted molar refractivity (Wildman–Crippen MR) is 94.3 cm³/mol. The van der Waals surface area contributed by atoms with E-state index in [1.807, 2.05) is 13.8 Å². The van der Waals surface area contributed by atoms with Gasteiger partial charge in [-0.15, -0.1) is 0 Å². The number of aryl methyl sites for hydroxylation is 3. The van der Waals surface area contributed by atoms with Gasteiger partial charge >= 0.3 is 6.09 Å². The van der Waals surface area contributed by atoms with Crippen LogP contribution in [0.2, 0.25) is 0 Å². The van der Waals surface area contributed by atoms with Crippen LogP contribution in [0.5, 0.6) is 0 Å². The van der Waals surface area contributed by atoms with E-state index in [-0.39, 0.29) is 12.0 Å². The molecule has 0 aliphatic carbocycles. The Labute approximate surface area is 143 Å². The molecule has 1 aliphatic rings. The van der Waals surface area contributed by atoms with E-state index in [4.69, 9.17) is 4.74 Å². The topological polar surface area (TPSA) is 61.9 Å². The van der Waals surface area contributed by atoms with Crippen molar-refractivity contribution in [3.05, 3.63) is 28.8 Å². The number of nitrogens with one attached hydrogen (secondary N) is 1. The lowest BCUT2D eigenvalue weighted by molar-refractivity contribution is -0.117. The largest absolute Gasteiger partial charge is 0.450 e. The zero-order valence-electron chi connectivity index (χ0n) is 15.0. The van der Waals surface area contributed by atoms with E-state index in [1.54, 1.807) is 11.8 Å². The number of nitrogens with zero attached hydrogens (tertiary/aromatic N) is 2. The van der Waals surface area contributed by atoms with Crippen molar-refractivity contribution in [3.63, 3.8) is 0 Å². The second-order valence-corrected chi connectivity index (χ2v) is 6.28. The van der Waals surface area contributed by atoms with Gasteiger partial charge in [0.25, 0.3) is 0 Å². The fraction of sp³-hybridized carbons (Fsp3) is 0.556. The molecule has 1 fully saturated rings. The zero-order chi connectivity index (χ0) is 17.7. The highest BCUT2D eigenvalue weighted by molar-refractivity contribution is 5.93. The van der Waals surface area contributed by atoms with Gasteiger partial charge in [-0.05, 0) is 38.8 Å². The normalized spacial score (nSPS) is 15.2. The van der Waals surface area contributed by atoms with E-state index < -0.39 is 0 Å². The van der Waals surface area contributed by atoms with E-state index >= 15 is 0 Å². The molecule has 6 heteroatoms. The Morgan fingerprint density at radius 2 is 1.67 bits per heavy atom. The molecule has 1 heterocycles. The van der Waals surface area contributed by atoms with E-state index in [2.05, 4.69) is 29.3 Å². The van der Waals surface area contributed by atoms with Crippen molar-refractivity contribution in [1.82, 2.24) is 9.80 Å². The minimum Gasteiger partial charge on any atom is -0.450 e. The molecule has 0 spiro atoms. The van der Waals surface area contributed by atoms with Crippen LogP contribution in [0, 0.1) is 20.8 Å². The second-order valence-electron chi connectivity index (χ2n) is 6.28. The Morgan fingerprint density at radius 1 is 1.08 bits per heavy atom. The SMILES string of the molecule is CCOC(=O)N1CCN(CC(=O)Nc2c(C)cc(C)cc2C)CC1. The summed E-state index contributed by atoms with van der Waals surface area (Å²) in [7, 11) is 0. The van der Waals surface area contributed by atoms with E-state index in [9.17, 15) is 9.59 Å². The van der Waals surface area contributed by atoms with Crippen LogP contribution in [0.4, 0.5) is 10.5 Å². The van der Waals surface area contributed by atoms with Crippen LogP contribution in [-0.2, 0) is 9.53 Å². The Kier molecular flexibility index (Phi) is 6.20. The van der Waals surface area contributed by atoms with Gasteiger partial charge in [-0.1, -0.05) is 17.7 Å². The number of hydrogen-bond donors (Lipinski definition) is 1. The highest BCUT2D eigenvalue weighted by Crippen LogP contribution is 2.21. The van der Waals surface area contributed by atoms with Crippen molar-refractivity contribution in [1.29, 1.82) is 0 Å². The molecule has 1 aromatic carbocycles. The van der Waals surface area contributed by atoms with Crippen LogP contribution in [0.15, 0.2) is 12.1 Å². The van der Waals surface area contributed by atoms with Crippen molar-refractivity contribution < 1.29 is 14.3 Å². The number of hydrogen-bond acceptors (Lipinski definition) is 4. The number of carbonyl (C=O) groups excluding carboxylic acids is 2. The lowest BCUT2D eigenvalue weighted by atomic mass is 10.1. The first-order chi connectivity index (χ1) is 11.4. The quantitative estimate of drug-likeness (QED) is 0.918. The van der Waals surface area contributed by atoms with Crippen molar-refractivity contribution in [2.45, 2.75) is 27.7 Å². The summed E-state index contributed by atoms with van der Waals surface area (Å²) in [5.41, 5.74) is 4.25. The van der Waals surface area contributed by atoms with Gasteiger partial charge < -0.3 is 15.0 Å². The molecular formula is C18H27N3O3. The molecule has 0 radical (unpaired) electrons. The van der Waals surface area contributed by atoms with Gasteiger partial charge in [-0.25, -0.2) is 4.79 Å². The maximum atomic E-state index is 12.3. The number of anilines is 1. The molecule has 2 rings (SSSR count). The standard InChI is InChI=1S/C18H27N3O3/c1-5-24-18(23)21-8-6-20(7-9-21)12-16(22)19-17-14(3)10-13(2)11-15(17)4/h10-11H,5-9,12H2,1-4H3,(H,19,22).